The molecule has 4 rings (SSSR count). The summed E-state index contributed by atoms with van der Waals surface area (Å²) < 4.78 is 45.5. The fraction of sp³-hybridized carbons (Fsp3) is 0.429. The predicted octanol–water partition coefficient (Wildman–Crippen LogP) is 3.44. The van der Waals surface area contributed by atoms with Crippen LogP contribution in [-0.2, 0) is 21.7 Å². The fourth-order valence-electron chi connectivity index (χ4n) is 4.28. The van der Waals surface area contributed by atoms with Crippen molar-refractivity contribution >= 4 is 32.9 Å². The topological polar surface area (TPSA) is 111 Å². The third-order valence-corrected chi connectivity index (χ3v) is 10.2. The highest BCUT2D eigenvalue weighted by atomic mass is 35.5. The Kier molecular flexibility index (Phi) is 5.36. The Labute approximate surface area is 189 Å². The van der Waals surface area contributed by atoms with Gasteiger partial charge in [0.1, 0.15) is 39.1 Å². The molecule has 0 aliphatic carbocycles. The van der Waals surface area contributed by atoms with Crippen molar-refractivity contribution in [3.63, 3.8) is 0 Å². The summed E-state index contributed by atoms with van der Waals surface area (Å²) in [6, 6.07) is 3.55. The number of hydrogen-bond donors (Lipinski definition) is 1. The molecule has 2 N–H and O–H groups in total. The monoisotopic (exact) mass is 481 g/mol. The number of rotatable bonds is 4. The Morgan fingerprint density at radius 2 is 2.03 bits per heavy atom. The van der Waals surface area contributed by atoms with E-state index in [1.807, 2.05) is 0 Å². The number of ketones is 1. The van der Waals surface area contributed by atoms with Gasteiger partial charge in [-0.2, -0.15) is 0 Å². The van der Waals surface area contributed by atoms with Gasteiger partial charge in [0.05, 0.1) is 32.6 Å². The molecule has 2 aromatic rings. The van der Waals surface area contributed by atoms with Crippen LogP contribution in [0.4, 0.5) is 8.78 Å². The van der Waals surface area contributed by atoms with Gasteiger partial charge in [0.25, 0.3) is 0 Å². The predicted molar refractivity (Wildman–Crippen MR) is 118 cm³/mol. The smallest absolute Gasteiger partial charge is 0.188 e. The molecule has 2 aliphatic rings. The number of Topliss-reactive ketones (excluding diaryl/α,β-unsaturated/α-hetero) is 1. The maximum atomic E-state index is 15.0. The Morgan fingerprint density at radius 3 is 2.72 bits per heavy atom. The van der Waals surface area contributed by atoms with Gasteiger partial charge in [-0.1, -0.05) is 11.6 Å². The summed E-state index contributed by atoms with van der Waals surface area (Å²) in [4.78, 5) is 25.4. The molecular formula is C21H22ClF2N5O2S. The summed E-state index contributed by atoms with van der Waals surface area (Å²) in [6.07, 6.45) is 1.11. The second-order valence-corrected chi connectivity index (χ2v) is 12.0. The zero-order valence-corrected chi connectivity index (χ0v) is 19.3. The number of carbonyl (C=O) groups is 1. The van der Waals surface area contributed by atoms with Crippen LogP contribution in [0.5, 0.6) is 0 Å². The van der Waals surface area contributed by atoms with Crippen molar-refractivity contribution in [2.75, 3.05) is 6.54 Å². The van der Waals surface area contributed by atoms with Gasteiger partial charge in [-0.3, -0.25) is 14.8 Å². The number of hydrogen-bond acceptors (Lipinski definition) is 7. The summed E-state index contributed by atoms with van der Waals surface area (Å²) in [7, 11) is -2.85. The molecule has 32 heavy (non-hydrogen) atoms. The first-order valence-electron chi connectivity index (χ1n) is 9.97. The molecule has 170 valence electrons. The van der Waals surface area contributed by atoms with Gasteiger partial charge < -0.3 is 5.73 Å². The van der Waals surface area contributed by atoms with Crippen LogP contribution in [0.2, 0.25) is 5.02 Å². The number of halogens is 3. The molecule has 2 aromatic heterocycles. The Hall–Kier alpha value is -2.46. The molecule has 0 radical (unpaired) electrons. The highest BCUT2D eigenvalue weighted by Gasteiger charge is 2.57. The van der Waals surface area contributed by atoms with Gasteiger partial charge in [0, 0.05) is 12.2 Å². The quantitative estimate of drug-likeness (QED) is 0.672. The summed E-state index contributed by atoms with van der Waals surface area (Å²) in [5, 5.41) is -0.707. The van der Waals surface area contributed by atoms with Gasteiger partial charge in [-0.15, -0.1) is 0 Å². The maximum Gasteiger partial charge on any atom is 0.188 e. The first-order chi connectivity index (χ1) is 14.9. The molecular weight excluding hydrogens is 460 g/mol. The first kappa shape index (κ1) is 22.7. The number of aromatic nitrogens is 2. The molecule has 0 fully saturated rings. The number of carbonyl (C=O) groups excluding carboxylic acids is 1. The fourth-order valence-corrected chi connectivity index (χ4v) is 7.69. The van der Waals surface area contributed by atoms with E-state index in [4.69, 9.17) is 17.3 Å². The average Bonchev–Trinajstić information content (AvgIpc) is 3.13. The number of pyridine rings is 2. The van der Waals surface area contributed by atoms with E-state index in [1.54, 1.807) is 20.8 Å². The number of aliphatic imine (C=N–C) groups is 1. The molecule has 3 atom stereocenters. The van der Waals surface area contributed by atoms with Gasteiger partial charge in [-0.25, -0.2) is 22.3 Å². The van der Waals surface area contributed by atoms with Crippen LogP contribution < -0.4 is 5.73 Å². The second-order valence-electron chi connectivity index (χ2n) is 8.57. The molecule has 4 heterocycles. The van der Waals surface area contributed by atoms with Crippen LogP contribution >= 0.6 is 11.6 Å². The molecule has 0 saturated heterocycles. The number of amidine groups is 1. The molecule has 0 aromatic carbocycles. The lowest BCUT2D eigenvalue weighted by Gasteiger charge is -2.44. The van der Waals surface area contributed by atoms with Crippen molar-refractivity contribution in [1.29, 1.82) is 0 Å². The third-order valence-electron chi connectivity index (χ3n) is 6.18. The summed E-state index contributed by atoms with van der Waals surface area (Å²) in [6.45, 7) is 5.47. The van der Waals surface area contributed by atoms with Crippen LogP contribution in [0.15, 0.2) is 33.8 Å². The van der Waals surface area contributed by atoms with Crippen LogP contribution in [0.25, 0.3) is 0 Å². The van der Waals surface area contributed by atoms with Crippen molar-refractivity contribution < 1.29 is 17.8 Å². The van der Waals surface area contributed by atoms with Crippen LogP contribution in [0.3, 0.4) is 0 Å². The van der Waals surface area contributed by atoms with Crippen molar-refractivity contribution in [2.45, 2.75) is 49.1 Å². The summed E-state index contributed by atoms with van der Waals surface area (Å²) in [5.74, 6) is -1.69. The van der Waals surface area contributed by atoms with Gasteiger partial charge in [0.15, 0.2) is 5.78 Å². The summed E-state index contributed by atoms with van der Waals surface area (Å²) in [5.41, 5.74) is 4.97. The SMILES string of the molecule is CC1(C)C(N)=N[C@](C)(c2nc(CC(=O)c3ncc(F)cc3Cl)ccc2F)[C@@H]2CCN=[S@@]21=O. The van der Waals surface area contributed by atoms with Crippen molar-refractivity contribution in [1.82, 2.24) is 9.97 Å². The van der Waals surface area contributed by atoms with Gasteiger partial charge in [-0.05, 0) is 45.4 Å². The average molecular weight is 482 g/mol. The Bertz CT molecular complexity index is 1290. The molecule has 0 saturated carbocycles. The van der Waals surface area contributed by atoms with Gasteiger partial charge >= 0.3 is 0 Å². The van der Waals surface area contributed by atoms with Crippen LogP contribution in [-0.4, -0.2) is 42.3 Å². The first-order valence-corrected chi connectivity index (χ1v) is 11.9. The van der Waals surface area contributed by atoms with E-state index in [2.05, 4.69) is 19.3 Å². The molecule has 0 bridgehead atoms. The van der Waals surface area contributed by atoms with Gasteiger partial charge in [0.2, 0.25) is 0 Å². The minimum Gasteiger partial charge on any atom is -0.386 e. The van der Waals surface area contributed by atoms with E-state index in [9.17, 15) is 13.4 Å². The van der Waals surface area contributed by atoms with E-state index < -0.39 is 42.7 Å². The van der Waals surface area contributed by atoms with Crippen molar-refractivity contribution in [3.05, 3.63) is 58.1 Å². The standard InChI is InChI=1S/C21H22ClF2N5O2S/c1-20(2)19(25)29-21(3,16-6-7-27-32(16,20)31)18-14(24)5-4-12(28-18)9-15(30)17-13(22)8-11(23)10-26-17/h4-5,8,10,16H,6-7,9H2,1-3H3,(H2,25,29)/t16-,21-,32+/m0/s1. The van der Waals surface area contributed by atoms with E-state index >= 15 is 4.39 Å². The lowest BCUT2D eigenvalue weighted by atomic mass is 9.89. The number of nitrogens with zero attached hydrogens (tertiary/aromatic N) is 4. The maximum absolute atomic E-state index is 15.0. The molecule has 0 unspecified atom stereocenters. The highest BCUT2D eigenvalue weighted by molar-refractivity contribution is 7.96. The van der Waals surface area contributed by atoms with E-state index in [0.717, 1.165) is 12.3 Å². The zero-order chi connectivity index (χ0) is 23.5. The molecule has 7 nitrogen and oxygen atoms in total. The van der Waals surface area contributed by atoms with E-state index in [1.165, 1.54) is 12.1 Å². The highest BCUT2D eigenvalue weighted by Crippen LogP contribution is 2.47. The second kappa shape index (κ2) is 7.55. The molecule has 11 heteroatoms. The van der Waals surface area contributed by atoms with Crippen LogP contribution in [0, 0.1) is 11.6 Å². The number of nitrogens with two attached hydrogens (primary N) is 1. The number of fused-ring (bicyclic) bond motifs is 1. The third kappa shape index (κ3) is 3.31. The van der Waals surface area contributed by atoms with Crippen molar-refractivity contribution in [3.8, 4) is 0 Å². The lowest BCUT2D eigenvalue weighted by molar-refractivity contribution is 0.0987. The largest absolute Gasteiger partial charge is 0.386 e. The van der Waals surface area contributed by atoms with Crippen LogP contribution in [0.1, 0.15) is 49.1 Å². The van der Waals surface area contributed by atoms with Crippen molar-refractivity contribution in [2.24, 2.45) is 15.1 Å². The molecule has 0 spiro atoms. The summed E-state index contributed by atoms with van der Waals surface area (Å²) >= 11 is 5.93. The Morgan fingerprint density at radius 1 is 1.31 bits per heavy atom. The molecule has 0 amide bonds. The molecule has 2 aliphatic heterocycles. The minimum absolute atomic E-state index is 0.0470. The van der Waals surface area contributed by atoms with E-state index in [0.29, 0.717) is 13.0 Å². The normalized spacial score (nSPS) is 28.6. The zero-order valence-electron chi connectivity index (χ0n) is 17.7. The van der Waals surface area contributed by atoms with E-state index in [-0.39, 0.29) is 34.4 Å². The lowest BCUT2D eigenvalue weighted by Crippen LogP contribution is -2.58. The Balaban J connectivity index is 1.76. The minimum atomic E-state index is -2.85.